The van der Waals surface area contributed by atoms with Gasteiger partial charge in [0, 0.05) is 6.42 Å². The van der Waals surface area contributed by atoms with Gasteiger partial charge in [0.1, 0.15) is 0 Å². The molecule has 0 aliphatic rings. The number of amides is 1. The number of hydrogen-bond acceptors (Lipinski definition) is 4. The van der Waals surface area contributed by atoms with Gasteiger partial charge in [-0.25, -0.2) is 0 Å². The number of nitrogens with one attached hydrogen (secondary N) is 1. The molecule has 0 aliphatic heterocycles. The minimum absolute atomic E-state index is 0.284. The average molecular weight is 584 g/mol. The summed E-state index contributed by atoms with van der Waals surface area (Å²) in [6.07, 6.45) is 34.2. The number of allylic oxidation sites excluding steroid dienone is 5. The van der Waals surface area contributed by atoms with Gasteiger partial charge in [-0.1, -0.05) is 134 Å². The fourth-order valence-corrected chi connectivity index (χ4v) is 5.33. The van der Waals surface area contributed by atoms with Gasteiger partial charge in [0.25, 0.3) is 10.1 Å². The van der Waals surface area contributed by atoms with E-state index in [1.54, 1.807) is 6.08 Å². The maximum absolute atomic E-state index is 12.3. The highest BCUT2D eigenvalue weighted by Gasteiger charge is 2.24. The van der Waals surface area contributed by atoms with Gasteiger partial charge in [-0.2, -0.15) is 8.42 Å². The fourth-order valence-electron chi connectivity index (χ4n) is 4.60. The van der Waals surface area contributed by atoms with Gasteiger partial charge < -0.3 is 10.4 Å². The molecule has 0 aliphatic carbocycles. The number of aliphatic hydroxyl groups excluding tert-OH is 1. The Balaban J connectivity index is 4.13. The van der Waals surface area contributed by atoms with Gasteiger partial charge in [0.15, 0.2) is 0 Å². The lowest BCUT2D eigenvalue weighted by molar-refractivity contribution is -0.122. The van der Waals surface area contributed by atoms with Crippen molar-refractivity contribution in [3.63, 3.8) is 0 Å². The first-order valence-corrected chi connectivity index (χ1v) is 17.8. The first kappa shape index (κ1) is 38.6. The monoisotopic (exact) mass is 583 g/mol. The van der Waals surface area contributed by atoms with Crippen LogP contribution in [0.5, 0.6) is 0 Å². The summed E-state index contributed by atoms with van der Waals surface area (Å²) < 4.78 is 32.1. The highest BCUT2D eigenvalue weighted by molar-refractivity contribution is 7.85. The minimum atomic E-state index is -4.34. The Kier molecular flexibility index (Phi) is 26.7. The zero-order valence-corrected chi connectivity index (χ0v) is 26.5. The van der Waals surface area contributed by atoms with E-state index in [9.17, 15) is 22.9 Å². The maximum atomic E-state index is 12.3. The van der Waals surface area contributed by atoms with E-state index in [1.165, 1.54) is 89.5 Å². The van der Waals surface area contributed by atoms with Crippen LogP contribution >= 0.6 is 0 Å². The Labute approximate surface area is 246 Å². The molecule has 2 unspecified atom stereocenters. The van der Waals surface area contributed by atoms with E-state index in [0.29, 0.717) is 6.42 Å². The van der Waals surface area contributed by atoms with Crippen molar-refractivity contribution in [2.75, 3.05) is 5.75 Å². The van der Waals surface area contributed by atoms with Crippen molar-refractivity contribution in [3.8, 4) is 0 Å². The molecule has 0 heterocycles. The third-order valence-corrected chi connectivity index (χ3v) is 7.83. The number of unbranched alkanes of at least 4 members (excludes halogenated alkanes) is 16. The van der Waals surface area contributed by atoms with Crippen LogP contribution in [-0.4, -0.2) is 41.9 Å². The van der Waals surface area contributed by atoms with E-state index in [1.807, 2.05) is 0 Å². The molecule has 0 bridgehead atoms. The number of carbonyl (C=O) groups excluding carboxylic acids is 1. The predicted molar refractivity (Wildman–Crippen MR) is 170 cm³/mol. The average Bonchev–Trinajstić information content (AvgIpc) is 2.90. The number of aliphatic hydroxyl groups is 1. The highest BCUT2D eigenvalue weighted by atomic mass is 32.2. The van der Waals surface area contributed by atoms with Crippen molar-refractivity contribution in [2.45, 2.75) is 161 Å². The summed E-state index contributed by atoms with van der Waals surface area (Å²) in [6, 6.07) is -1.07. The Morgan fingerprint density at radius 2 is 1.07 bits per heavy atom. The second-order valence-corrected chi connectivity index (χ2v) is 12.6. The van der Waals surface area contributed by atoms with Crippen molar-refractivity contribution < 1.29 is 22.9 Å². The van der Waals surface area contributed by atoms with E-state index >= 15 is 0 Å². The van der Waals surface area contributed by atoms with Crippen LogP contribution in [0.25, 0.3) is 0 Å². The molecule has 0 fully saturated rings. The summed E-state index contributed by atoms with van der Waals surface area (Å²) in [5.74, 6) is -1.01. The van der Waals surface area contributed by atoms with Gasteiger partial charge in [0.05, 0.1) is 17.9 Å². The number of rotatable bonds is 28. The van der Waals surface area contributed by atoms with Gasteiger partial charge in [0.2, 0.25) is 5.91 Å². The van der Waals surface area contributed by atoms with Crippen LogP contribution in [0.3, 0.4) is 0 Å². The molecule has 0 saturated heterocycles. The van der Waals surface area contributed by atoms with E-state index in [2.05, 4.69) is 43.5 Å². The predicted octanol–water partition coefficient (Wildman–Crippen LogP) is 8.62. The van der Waals surface area contributed by atoms with Crippen LogP contribution in [0, 0.1) is 0 Å². The van der Waals surface area contributed by atoms with Crippen molar-refractivity contribution >= 4 is 16.0 Å². The smallest absolute Gasteiger partial charge is 0.267 e. The molecule has 0 radical (unpaired) electrons. The van der Waals surface area contributed by atoms with Crippen LogP contribution in [0.1, 0.15) is 149 Å². The number of carbonyl (C=O) groups is 1. The summed E-state index contributed by atoms with van der Waals surface area (Å²) in [4.78, 5) is 12.3. The van der Waals surface area contributed by atoms with E-state index in [0.717, 1.165) is 38.5 Å². The van der Waals surface area contributed by atoms with Crippen molar-refractivity contribution in [3.05, 3.63) is 36.5 Å². The second-order valence-electron chi connectivity index (χ2n) is 11.1. The molecule has 0 saturated carbocycles. The molecule has 234 valence electrons. The largest absolute Gasteiger partial charge is 0.387 e. The third-order valence-electron chi connectivity index (χ3n) is 7.05. The van der Waals surface area contributed by atoms with E-state index in [-0.39, 0.29) is 12.3 Å². The normalized spacial score (nSPS) is 14.0. The summed E-state index contributed by atoms with van der Waals surface area (Å²) in [5.41, 5.74) is 0. The molecule has 3 N–H and O–H groups in total. The molecule has 0 aromatic carbocycles. The molecule has 0 aromatic heterocycles. The van der Waals surface area contributed by atoms with Gasteiger partial charge in [-0.05, 0) is 44.9 Å². The standard InChI is InChI=1S/C33H61NO5S/c1-3-5-7-9-11-13-14-15-16-17-18-19-20-21-22-24-26-28-32(35)31(30-40(37,38)39)34-33(36)29-27-25-23-12-10-8-6-4-2/h16-17,20-21,26,28,31-32,35H,3-15,18-19,22-25,27,29-30H2,1-2H3,(H,34,36)(H,37,38,39)/b17-16+,21-20+,28-26+. The minimum Gasteiger partial charge on any atom is -0.387 e. The molecule has 1 amide bonds. The first-order valence-electron chi connectivity index (χ1n) is 16.2. The molecular formula is C33H61NO5S. The fraction of sp³-hybridized carbons (Fsp3) is 0.788. The quantitative estimate of drug-likeness (QED) is 0.0486. The van der Waals surface area contributed by atoms with Crippen LogP contribution in [0.4, 0.5) is 0 Å². The second kappa shape index (κ2) is 27.7. The molecule has 40 heavy (non-hydrogen) atoms. The lowest BCUT2D eigenvalue weighted by atomic mass is 10.1. The van der Waals surface area contributed by atoms with Crippen molar-refractivity contribution in [2.24, 2.45) is 0 Å². The van der Waals surface area contributed by atoms with Gasteiger partial charge in [-0.3, -0.25) is 9.35 Å². The lowest BCUT2D eigenvalue weighted by Crippen LogP contribution is -2.46. The molecular weight excluding hydrogens is 522 g/mol. The lowest BCUT2D eigenvalue weighted by Gasteiger charge is -2.21. The zero-order chi connectivity index (χ0) is 29.7. The zero-order valence-electron chi connectivity index (χ0n) is 25.7. The molecule has 6 nitrogen and oxygen atoms in total. The Bertz CT molecular complexity index is 776. The van der Waals surface area contributed by atoms with Gasteiger partial charge in [-0.15, -0.1) is 0 Å². The number of hydrogen-bond donors (Lipinski definition) is 3. The van der Waals surface area contributed by atoms with E-state index in [4.69, 9.17) is 0 Å². The molecule has 0 aromatic rings. The molecule has 2 atom stereocenters. The summed E-state index contributed by atoms with van der Waals surface area (Å²) in [7, 11) is -4.34. The first-order chi connectivity index (χ1) is 19.3. The van der Waals surface area contributed by atoms with Crippen LogP contribution in [-0.2, 0) is 14.9 Å². The Morgan fingerprint density at radius 1 is 0.650 bits per heavy atom. The van der Waals surface area contributed by atoms with Crippen molar-refractivity contribution in [1.82, 2.24) is 5.32 Å². The Hall–Kier alpha value is -1.44. The molecule has 0 spiro atoms. The summed E-state index contributed by atoms with van der Waals surface area (Å²) in [6.45, 7) is 4.44. The SMILES string of the molecule is CCCCCCCCC/C=C/CC/C=C/CC/C=C/C(O)C(CS(=O)(=O)O)NC(=O)CCCCCCCCCC. The van der Waals surface area contributed by atoms with Crippen LogP contribution in [0.15, 0.2) is 36.5 Å². The summed E-state index contributed by atoms with van der Waals surface area (Å²) in [5, 5.41) is 13.1. The topological polar surface area (TPSA) is 104 Å². The third kappa shape index (κ3) is 28.1. The van der Waals surface area contributed by atoms with Crippen LogP contribution < -0.4 is 5.32 Å². The maximum Gasteiger partial charge on any atom is 0.267 e. The molecule has 0 rings (SSSR count). The Morgan fingerprint density at radius 3 is 1.57 bits per heavy atom. The molecule has 7 heteroatoms. The summed E-state index contributed by atoms with van der Waals surface area (Å²) >= 11 is 0. The highest BCUT2D eigenvalue weighted by Crippen LogP contribution is 2.11. The van der Waals surface area contributed by atoms with E-state index < -0.39 is 28.0 Å². The van der Waals surface area contributed by atoms with Gasteiger partial charge >= 0.3 is 0 Å². The van der Waals surface area contributed by atoms with Crippen LogP contribution in [0.2, 0.25) is 0 Å². The van der Waals surface area contributed by atoms with Crippen molar-refractivity contribution in [1.29, 1.82) is 0 Å².